The number of aromatic hydroxyl groups is 1. The Kier molecular flexibility index (Phi) is 25.9. The molecule has 0 saturated carbocycles. The molecule has 4 heterocycles. The van der Waals surface area contributed by atoms with Crippen LogP contribution in [0.1, 0.15) is 110 Å². The van der Waals surface area contributed by atoms with Gasteiger partial charge >= 0.3 is 6.03 Å². The molecule has 2 aliphatic heterocycles. The van der Waals surface area contributed by atoms with E-state index < -0.39 is 139 Å². The Morgan fingerprint density at radius 2 is 1.41 bits per heavy atom. The number of aliphatic hydroxyl groups excluding tert-OH is 1. The van der Waals surface area contributed by atoms with Gasteiger partial charge in [0.05, 0.1) is 31.0 Å². The molecule has 2 aromatic heterocycles. The van der Waals surface area contributed by atoms with Crippen molar-refractivity contribution in [2.24, 2.45) is 28.3 Å². The van der Waals surface area contributed by atoms with Crippen molar-refractivity contribution in [3.63, 3.8) is 0 Å². The molecule has 30 nitrogen and oxygen atoms in total. The van der Waals surface area contributed by atoms with Gasteiger partial charge in [-0.1, -0.05) is 44.2 Å². The first kappa shape index (κ1) is 70.6. The Hall–Kier alpha value is -9.45. The number of hydrogen-bond donors (Lipinski definition) is 15. The van der Waals surface area contributed by atoms with Crippen molar-refractivity contribution in [1.82, 2.24) is 67.9 Å². The number of primary amides is 1. The fourth-order valence-corrected chi connectivity index (χ4v) is 10.6. The number of hydrogen-bond acceptors (Lipinski definition) is 16. The number of carbonyl (C=O) groups excluding carboxylic acids is 11. The molecule has 2 saturated heterocycles. The fraction of sp³-hybridized carbons (Fsp3) is 0.525. The van der Waals surface area contributed by atoms with Crippen molar-refractivity contribution >= 4 is 81.7 Å². The summed E-state index contributed by atoms with van der Waals surface area (Å²) in [5.74, 6) is -8.48. The molecule has 0 aliphatic carbocycles. The Bertz CT molecular complexity index is 3230. The molecule has 9 unspecified atom stereocenters. The van der Waals surface area contributed by atoms with E-state index in [0.29, 0.717) is 40.0 Å². The normalized spacial score (nSPS) is 17.3. The maximum atomic E-state index is 14.8. The summed E-state index contributed by atoms with van der Waals surface area (Å²) in [5, 5.41) is 40.3. The second kappa shape index (κ2) is 33.4. The first-order chi connectivity index (χ1) is 43.2. The van der Waals surface area contributed by atoms with E-state index in [0.717, 1.165) is 0 Å². The molecule has 91 heavy (non-hydrogen) atoms. The average molecular weight is 1270 g/mol. The number of imidazole rings is 1. The number of ether oxygens (including phenoxy) is 1. The van der Waals surface area contributed by atoms with E-state index >= 15 is 0 Å². The zero-order valence-corrected chi connectivity index (χ0v) is 52.0. The lowest BCUT2D eigenvalue weighted by atomic mass is 9.89. The van der Waals surface area contributed by atoms with Gasteiger partial charge in [-0.2, -0.15) is 0 Å². The number of fused-ring (bicyclic) bond motifs is 1. The third-order valence-electron chi connectivity index (χ3n) is 15.2. The molecule has 4 aromatic rings. The maximum Gasteiger partial charge on any atom is 0.330 e. The van der Waals surface area contributed by atoms with Crippen LogP contribution in [0.25, 0.3) is 10.9 Å². The molecule has 2 aromatic carbocycles. The van der Waals surface area contributed by atoms with Crippen molar-refractivity contribution < 1.29 is 67.7 Å². The number of rotatable bonds is 32. The van der Waals surface area contributed by atoms with Crippen molar-refractivity contribution in [3.05, 3.63) is 84.1 Å². The number of aromatic amines is 2. The standard InChI is InChI=1S/C61H86N16O14/c1-33(2)23-36(52(82)69-43(13-9-21-65-34(3)62)59(89)77-22-10-14-49(77)58(88)75-76-60(63)90)26-50(80)48(31-91-61(4,5)6)74-54(84)44(24-35-15-17-39(79)18-16-35)70-57(87)47(30-78)73-55(85)45(25-37-28-66-41-12-8-7-11-40(37)41)71-56(86)46(27-38-29-64-32-67-38)72-53(83)42-19-20-51(81)68-42/h7-8,11-12,15-18,28-29,32-33,36,42-49,66,78-79H,9-10,13-14,19-27,30-31H2,1-6H3,(H2,62,65)(H,64,67)(H,68,81)(H,69,82)(H,70,87)(H,71,86)(H,72,83)(H,73,85)(H,74,84)(H,75,88)(H3,63,76,90). The number of phenolic OH excluding ortho intramolecular Hbond substituents is 1. The Morgan fingerprint density at radius 3 is 2.02 bits per heavy atom. The lowest BCUT2D eigenvalue weighted by Crippen LogP contribution is -2.61. The minimum Gasteiger partial charge on any atom is -0.508 e. The lowest BCUT2D eigenvalue weighted by Gasteiger charge is -2.30. The molecule has 0 spiro atoms. The van der Waals surface area contributed by atoms with Crippen LogP contribution in [0, 0.1) is 11.8 Å². The van der Waals surface area contributed by atoms with E-state index in [2.05, 4.69) is 62.6 Å². The molecular weight excluding hydrogens is 1180 g/mol. The monoisotopic (exact) mass is 1270 g/mol. The summed E-state index contributed by atoms with van der Waals surface area (Å²) in [6.07, 6.45) is 4.87. The molecule has 0 bridgehead atoms. The van der Waals surface area contributed by atoms with Crippen LogP contribution in [-0.2, 0) is 71.9 Å². The van der Waals surface area contributed by atoms with E-state index in [9.17, 15) is 63.0 Å². The summed E-state index contributed by atoms with van der Waals surface area (Å²) in [7, 11) is 0. The van der Waals surface area contributed by atoms with Crippen LogP contribution in [0.4, 0.5) is 4.79 Å². The maximum absolute atomic E-state index is 14.8. The number of carbonyl (C=O) groups is 11. The summed E-state index contributed by atoms with van der Waals surface area (Å²) in [5.41, 5.74) is 16.4. The molecule has 30 heteroatoms. The zero-order chi connectivity index (χ0) is 66.5. The first-order valence-electron chi connectivity index (χ1n) is 30.3. The number of H-pyrrole nitrogens is 2. The molecule has 9 atom stereocenters. The second-order valence-corrected chi connectivity index (χ2v) is 24.2. The minimum atomic E-state index is -1.78. The first-order valence-corrected chi connectivity index (χ1v) is 30.3. The smallest absolute Gasteiger partial charge is 0.330 e. The van der Waals surface area contributed by atoms with Gasteiger partial charge in [-0.25, -0.2) is 15.2 Å². The fourth-order valence-electron chi connectivity index (χ4n) is 10.6. The number of ketones is 1. The molecule has 6 rings (SSSR count). The summed E-state index contributed by atoms with van der Waals surface area (Å²) in [6.45, 7) is 9.33. The van der Waals surface area contributed by atoms with Gasteiger partial charge in [0.25, 0.3) is 5.91 Å². The molecule has 2 fully saturated rings. The SMILES string of the molecule is CC(N)=NCCCC(NC(=O)C(CC(=O)C(COC(C)(C)C)NC(=O)C(Cc1ccc(O)cc1)NC(=O)C(CO)NC(=O)C(Cc1c[nH]c2ccccc12)NC(=O)C(Cc1cnc[nH]1)NC(=O)C1CCC(=O)N1)CC(C)C)C(=O)N1CCCC1C(=O)NNC(N)=O. The van der Waals surface area contributed by atoms with Gasteiger partial charge in [0, 0.05) is 80.1 Å². The van der Waals surface area contributed by atoms with Crippen LogP contribution >= 0.6 is 0 Å². The van der Waals surface area contributed by atoms with Crippen LogP contribution in [-0.4, -0.2) is 181 Å². The Labute approximate surface area is 526 Å². The van der Waals surface area contributed by atoms with Crippen LogP contribution < -0.4 is 59.5 Å². The van der Waals surface area contributed by atoms with E-state index in [-0.39, 0.29) is 88.5 Å². The van der Waals surface area contributed by atoms with Crippen molar-refractivity contribution in [3.8, 4) is 5.75 Å². The molecule has 494 valence electrons. The predicted octanol–water partition coefficient (Wildman–Crippen LogP) is -0.911. The number of aliphatic imine (C=N–C) groups is 1. The number of nitrogens with one attached hydrogen (secondary N) is 11. The summed E-state index contributed by atoms with van der Waals surface area (Å²) >= 11 is 0. The highest BCUT2D eigenvalue weighted by molar-refractivity contribution is 5.99. The Balaban J connectivity index is 1.24. The topological polar surface area (TPSA) is 458 Å². The molecular formula is C61H86N16O14. The molecule has 0 radical (unpaired) electrons. The van der Waals surface area contributed by atoms with E-state index in [1.807, 2.05) is 19.3 Å². The molecule has 17 N–H and O–H groups in total. The molecule has 2 aliphatic rings. The van der Waals surface area contributed by atoms with Crippen LogP contribution in [0.5, 0.6) is 5.75 Å². The highest BCUT2D eigenvalue weighted by atomic mass is 16.5. The van der Waals surface area contributed by atoms with Crippen LogP contribution in [0.2, 0.25) is 0 Å². The van der Waals surface area contributed by atoms with Crippen molar-refractivity contribution in [2.75, 3.05) is 26.3 Å². The number of urea groups is 1. The number of amidine groups is 1. The number of Topliss-reactive ketones (excluding diaryl/α,β-unsaturated/α-hetero) is 1. The summed E-state index contributed by atoms with van der Waals surface area (Å²) in [4.78, 5) is 168. The number of benzene rings is 2. The number of amides is 11. The van der Waals surface area contributed by atoms with Gasteiger partial charge in [-0.3, -0.25) is 58.4 Å². The third kappa shape index (κ3) is 21.9. The number of aliphatic hydroxyl groups is 1. The van der Waals surface area contributed by atoms with Crippen LogP contribution in [0.3, 0.4) is 0 Å². The number of para-hydroxylation sites is 1. The number of nitrogens with zero attached hydrogens (tertiary/aromatic N) is 3. The van der Waals surface area contributed by atoms with E-state index in [1.165, 1.54) is 41.7 Å². The van der Waals surface area contributed by atoms with Crippen molar-refractivity contribution in [2.45, 2.75) is 166 Å². The number of nitrogens with two attached hydrogens (primary N) is 2. The minimum absolute atomic E-state index is 0.0575. The number of aromatic nitrogens is 3. The second-order valence-electron chi connectivity index (χ2n) is 24.2. The van der Waals surface area contributed by atoms with Gasteiger partial charge in [0.15, 0.2) is 5.78 Å². The van der Waals surface area contributed by atoms with Crippen LogP contribution in [0.15, 0.2) is 72.2 Å². The van der Waals surface area contributed by atoms with E-state index in [4.69, 9.17) is 16.2 Å². The highest BCUT2D eigenvalue weighted by Gasteiger charge is 2.40. The summed E-state index contributed by atoms with van der Waals surface area (Å²) in [6, 6.07) is 1.07. The third-order valence-corrected chi connectivity index (χ3v) is 15.2. The van der Waals surface area contributed by atoms with Crippen molar-refractivity contribution in [1.29, 1.82) is 0 Å². The van der Waals surface area contributed by atoms with Gasteiger partial charge in [-0.15, -0.1) is 0 Å². The van der Waals surface area contributed by atoms with Gasteiger partial charge < -0.3 is 78.5 Å². The average Bonchev–Trinajstić information content (AvgIpc) is 1.93. The zero-order valence-electron chi connectivity index (χ0n) is 52.0. The number of hydrazine groups is 1. The lowest BCUT2D eigenvalue weighted by molar-refractivity contribution is -0.142. The largest absolute Gasteiger partial charge is 0.508 e. The number of likely N-dealkylation sites (tertiary alicyclic amines) is 1. The quantitative estimate of drug-likeness (QED) is 0.0122. The predicted molar refractivity (Wildman–Crippen MR) is 331 cm³/mol. The highest BCUT2D eigenvalue weighted by Crippen LogP contribution is 2.24. The van der Waals surface area contributed by atoms with E-state index in [1.54, 1.807) is 58.2 Å². The number of phenols is 1. The molecule has 11 amide bonds. The summed E-state index contributed by atoms with van der Waals surface area (Å²) < 4.78 is 6.07. The van der Waals surface area contributed by atoms with Gasteiger partial charge in [-0.05, 0) is 101 Å². The van der Waals surface area contributed by atoms with Gasteiger partial charge in [0.1, 0.15) is 54.1 Å². The van der Waals surface area contributed by atoms with Gasteiger partial charge in [0.2, 0.25) is 47.3 Å². The Morgan fingerprint density at radius 1 is 0.769 bits per heavy atom.